The van der Waals surface area contributed by atoms with Gasteiger partial charge in [-0.3, -0.25) is 5.10 Å². The highest BCUT2D eigenvalue weighted by molar-refractivity contribution is 7.89. The van der Waals surface area contributed by atoms with Gasteiger partial charge in [-0.15, -0.1) is 0 Å². The maximum absolute atomic E-state index is 12.6. The molecule has 1 saturated carbocycles. The minimum atomic E-state index is -3.49. The standard InChI is InChI=1S/C12H22N4O2S/c1-2-16(11-6-4-3-5-10(11)9-13)19(17,18)12-7-8-14-15-12/h7-8,10-11H,2-6,9,13H2,1H3,(H,14,15). The topological polar surface area (TPSA) is 92.1 Å². The first kappa shape index (κ1) is 14.5. The van der Waals surface area contributed by atoms with Gasteiger partial charge in [-0.05, 0) is 31.4 Å². The number of aromatic amines is 1. The zero-order valence-electron chi connectivity index (χ0n) is 11.2. The molecule has 3 N–H and O–H groups in total. The first-order valence-electron chi connectivity index (χ1n) is 6.82. The zero-order chi connectivity index (χ0) is 13.9. The Morgan fingerprint density at radius 3 is 2.79 bits per heavy atom. The fourth-order valence-corrected chi connectivity index (χ4v) is 4.57. The number of hydrogen-bond acceptors (Lipinski definition) is 4. The molecule has 0 amide bonds. The van der Waals surface area contributed by atoms with Crippen LogP contribution in [0.25, 0.3) is 0 Å². The van der Waals surface area contributed by atoms with Crippen molar-refractivity contribution in [2.24, 2.45) is 11.7 Å². The van der Waals surface area contributed by atoms with Crippen molar-refractivity contribution in [1.82, 2.24) is 14.5 Å². The second-order valence-corrected chi connectivity index (χ2v) is 6.84. The van der Waals surface area contributed by atoms with Crippen LogP contribution in [0.5, 0.6) is 0 Å². The van der Waals surface area contributed by atoms with Crippen LogP contribution in [-0.4, -0.2) is 42.1 Å². The van der Waals surface area contributed by atoms with Crippen molar-refractivity contribution in [2.75, 3.05) is 13.1 Å². The summed E-state index contributed by atoms with van der Waals surface area (Å²) in [4.78, 5) is 0. The lowest BCUT2D eigenvalue weighted by atomic mass is 9.84. The van der Waals surface area contributed by atoms with E-state index in [0.717, 1.165) is 25.7 Å². The Kier molecular flexibility index (Phi) is 4.59. The minimum Gasteiger partial charge on any atom is -0.330 e. The molecule has 0 spiro atoms. The van der Waals surface area contributed by atoms with Crippen LogP contribution in [0.2, 0.25) is 0 Å². The van der Waals surface area contributed by atoms with Crippen molar-refractivity contribution in [1.29, 1.82) is 0 Å². The van der Waals surface area contributed by atoms with E-state index >= 15 is 0 Å². The molecule has 1 aliphatic rings. The van der Waals surface area contributed by atoms with Gasteiger partial charge in [0.1, 0.15) is 0 Å². The summed E-state index contributed by atoms with van der Waals surface area (Å²) in [5.74, 6) is 0.256. The molecule has 1 fully saturated rings. The summed E-state index contributed by atoms with van der Waals surface area (Å²) in [6.45, 7) is 2.87. The summed E-state index contributed by atoms with van der Waals surface area (Å²) in [6.07, 6.45) is 5.57. The van der Waals surface area contributed by atoms with Crippen LogP contribution in [0.4, 0.5) is 0 Å². The summed E-state index contributed by atoms with van der Waals surface area (Å²) >= 11 is 0. The molecule has 6 nitrogen and oxygen atoms in total. The lowest BCUT2D eigenvalue weighted by Crippen LogP contribution is -2.47. The summed E-state index contributed by atoms with van der Waals surface area (Å²) in [5.41, 5.74) is 5.81. The highest BCUT2D eigenvalue weighted by Gasteiger charge is 2.36. The Balaban J connectivity index is 2.28. The van der Waals surface area contributed by atoms with E-state index in [-0.39, 0.29) is 17.0 Å². The second-order valence-electron chi connectivity index (χ2n) is 4.98. The van der Waals surface area contributed by atoms with E-state index in [1.54, 1.807) is 4.31 Å². The van der Waals surface area contributed by atoms with Crippen LogP contribution in [0.1, 0.15) is 32.6 Å². The van der Waals surface area contributed by atoms with Crippen LogP contribution in [-0.2, 0) is 10.0 Å². The Morgan fingerprint density at radius 1 is 1.47 bits per heavy atom. The van der Waals surface area contributed by atoms with Gasteiger partial charge in [0.05, 0.1) is 6.20 Å². The average molecular weight is 286 g/mol. The maximum atomic E-state index is 12.6. The molecule has 0 aromatic carbocycles. The zero-order valence-corrected chi connectivity index (χ0v) is 12.1. The quantitative estimate of drug-likeness (QED) is 0.842. The lowest BCUT2D eigenvalue weighted by molar-refractivity contribution is 0.187. The van der Waals surface area contributed by atoms with Gasteiger partial charge in [-0.25, -0.2) is 8.42 Å². The predicted octanol–water partition coefficient (Wildman–Crippen LogP) is 0.938. The fraction of sp³-hybridized carbons (Fsp3) is 0.750. The number of nitrogens with two attached hydrogens (primary N) is 1. The molecule has 7 heteroatoms. The maximum Gasteiger partial charge on any atom is 0.260 e. The van der Waals surface area contributed by atoms with Crippen LogP contribution in [0.3, 0.4) is 0 Å². The summed E-state index contributed by atoms with van der Waals surface area (Å²) in [7, 11) is -3.49. The molecule has 19 heavy (non-hydrogen) atoms. The van der Waals surface area contributed by atoms with Crippen molar-refractivity contribution in [2.45, 2.75) is 43.7 Å². The highest BCUT2D eigenvalue weighted by atomic mass is 32.2. The van der Waals surface area contributed by atoms with Gasteiger partial charge in [-0.1, -0.05) is 19.8 Å². The van der Waals surface area contributed by atoms with E-state index in [4.69, 9.17) is 5.73 Å². The Morgan fingerprint density at radius 2 is 2.21 bits per heavy atom. The average Bonchev–Trinajstić information content (AvgIpc) is 2.94. The van der Waals surface area contributed by atoms with Gasteiger partial charge in [-0.2, -0.15) is 9.40 Å². The molecule has 2 unspecified atom stereocenters. The number of nitrogens with zero attached hydrogens (tertiary/aromatic N) is 2. The predicted molar refractivity (Wildman–Crippen MR) is 73.0 cm³/mol. The molecule has 1 aromatic rings. The molecule has 0 radical (unpaired) electrons. The van der Waals surface area contributed by atoms with Gasteiger partial charge in [0.2, 0.25) is 0 Å². The third-order valence-electron chi connectivity index (χ3n) is 3.92. The molecule has 1 aromatic heterocycles. The number of aromatic nitrogens is 2. The van der Waals surface area contributed by atoms with Crippen LogP contribution < -0.4 is 5.73 Å². The van der Waals surface area contributed by atoms with Crippen molar-refractivity contribution in [3.63, 3.8) is 0 Å². The van der Waals surface area contributed by atoms with E-state index in [1.807, 2.05) is 6.92 Å². The molecule has 0 saturated heterocycles. The highest BCUT2D eigenvalue weighted by Crippen LogP contribution is 2.30. The molecule has 0 bridgehead atoms. The van der Waals surface area contributed by atoms with Crippen molar-refractivity contribution in [3.05, 3.63) is 12.3 Å². The van der Waals surface area contributed by atoms with Gasteiger partial charge >= 0.3 is 0 Å². The Hall–Kier alpha value is -0.920. The van der Waals surface area contributed by atoms with E-state index < -0.39 is 10.0 Å². The van der Waals surface area contributed by atoms with E-state index in [0.29, 0.717) is 13.1 Å². The summed E-state index contributed by atoms with van der Waals surface area (Å²) in [6, 6.07) is 1.51. The monoisotopic (exact) mass is 286 g/mol. The normalized spacial score (nSPS) is 24.8. The molecule has 1 heterocycles. The largest absolute Gasteiger partial charge is 0.330 e. The van der Waals surface area contributed by atoms with Crippen LogP contribution >= 0.6 is 0 Å². The smallest absolute Gasteiger partial charge is 0.260 e. The van der Waals surface area contributed by atoms with Gasteiger partial charge in [0.25, 0.3) is 10.0 Å². The first-order chi connectivity index (χ1) is 9.11. The molecular formula is C12H22N4O2S. The van der Waals surface area contributed by atoms with Crippen molar-refractivity contribution in [3.8, 4) is 0 Å². The van der Waals surface area contributed by atoms with Crippen LogP contribution in [0.15, 0.2) is 17.3 Å². The summed E-state index contributed by atoms with van der Waals surface area (Å²) < 4.78 is 26.8. The van der Waals surface area contributed by atoms with Gasteiger partial charge in [0, 0.05) is 12.6 Å². The number of sulfonamides is 1. The van der Waals surface area contributed by atoms with E-state index in [2.05, 4.69) is 10.2 Å². The second kappa shape index (κ2) is 6.02. The lowest BCUT2D eigenvalue weighted by Gasteiger charge is -2.37. The molecule has 2 rings (SSSR count). The Labute approximate surface area is 114 Å². The molecule has 2 atom stereocenters. The first-order valence-corrected chi connectivity index (χ1v) is 8.26. The number of rotatable bonds is 5. The molecule has 108 valence electrons. The fourth-order valence-electron chi connectivity index (χ4n) is 2.94. The molecule has 0 aliphatic heterocycles. The van der Waals surface area contributed by atoms with Crippen molar-refractivity contribution >= 4 is 10.0 Å². The van der Waals surface area contributed by atoms with E-state index in [1.165, 1.54) is 12.3 Å². The van der Waals surface area contributed by atoms with Gasteiger partial charge in [0.15, 0.2) is 5.03 Å². The molecule has 1 aliphatic carbocycles. The minimum absolute atomic E-state index is 0.0112. The van der Waals surface area contributed by atoms with E-state index in [9.17, 15) is 8.42 Å². The number of hydrogen-bond donors (Lipinski definition) is 2. The van der Waals surface area contributed by atoms with Gasteiger partial charge < -0.3 is 5.73 Å². The Bertz CT molecular complexity index is 486. The third kappa shape index (κ3) is 2.82. The SMILES string of the molecule is CCN(C1CCCCC1CN)S(=O)(=O)c1ccn[nH]1. The van der Waals surface area contributed by atoms with Crippen molar-refractivity contribution < 1.29 is 8.42 Å². The number of H-pyrrole nitrogens is 1. The molecular weight excluding hydrogens is 264 g/mol. The number of nitrogens with one attached hydrogen (secondary N) is 1. The van der Waals surface area contributed by atoms with Crippen LogP contribution in [0, 0.1) is 5.92 Å². The third-order valence-corrected chi connectivity index (χ3v) is 5.84. The summed E-state index contributed by atoms with van der Waals surface area (Å²) in [5, 5.41) is 6.45.